The molecule has 1 nitrogen and oxygen atoms in total. The minimum absolute atomic E-state index is 0.356. The van der Waals surface area contributed by atoms with E-state index >= 15 is 0 Å². The first-order valence-corrected chi connectivity index (χ1v) is 5.89. The molecular formula is C11H6FNS2. The van der Waals surface area contributed by atoms with Gasteiger partial charge in [0.1, 0.15) is 5.82 Å². The van der Waals surface area contributed by atoms with Crippen LogP contribution in [0, 0.1) is 17.1 Å². The molecule has 2 aromatic rings. The summed E-state index contributed by atoms with van der Waals surface area (Å²) in [5.74, 6) is -0.367. The monoisotopic (exact) mass is 235 g/mol. The molecular weight excluding hydrogens is 229 g/mol. The Hall–Kier alpha value is -1.31. The first-order valence-electron chi connectivity index (χ1n) is 4.20. The van der Waals surface area contributed by atoms with Gasteiger partial charge in [0, 0.05) is 4.90 Å². The number of rotatable bonds is 2. The molecule has 0 N–H and O–H groups in total. The number of nitrogens with zero attached hydrogens (tertiary/aromatic N) is 1. The summed E-state index contributed by atoms with van der Waals surface area (Å²) in [6.07, 6.45) is 0. The van der Waals surface area contributed by atoms with E-state index in [1.54, 1.807) is 17.4 Å². The van der Waals surface area contributed by atoms with Gasteiger partial charge in [-0.3, -0.25) is 0 Å². The molecule has 1 aromatic heterocycles. The fraction of sp³-hybridized carbons (Fsp3) is 0. The second kappa shape index (κ2) is 4.47. The molecule has 1 aromatic carbocycles. The van der Waals surface area contributed by atoms with Crippen LogP contribution in [-0.2, 0) is 0 Å². The molecule has 0 saturated carbocycles. The van der Waals surface area contributed by atoms with Gasteiger partial charge in [0.25, 0.3) is 0 Å². The number of nitriles is 1. The molecule has 0 aliphatic rings. The van der Waals surface area contributed by atoms with Crippen molar-refractivity contribution in [2.75, 3.05) is 0 Å². The van der Waals surface area contributed by atoms with Crippen molar-refractivity contribution < 1.29 is 4.39 Å². The molecule has 2 rings (SSSR count). The van der Waals surface area contributed by atoms with E-state index in [2.05, 4.69) is 0 Å². The minimum atomic E-state index is -0.367. The molecule has 0 bridgehead atoms. The van der Waals surface area contributed by atoms with E-state index in [0.29, 0.717) is 5.56 Å². The van der Waals surface area contributed by atoms with Crippen molar-refractivity contribution >= 4 is 23.1 Å². The van der Waals surface area contributed by atoms with Gasteiger partial charge in [-0.05, 0) is 29.6 Å². The maximum absolute atomic E-state index is 13.1. The van der Waals surface area contributed by atoms with Crippen molar-refractivity contribution in [1.29, 1.82) is 5.26 Å². The van der Waals surface area contributed by atoms with E-state index < -0.39 is 0 Å². The predicted molar refractivity (Wildman–Crippen MR) is 59.6 cm³/mol. The summed E-state index contributed by atoms with van der Waals surface area (Å²) in [4.78, 5) is 0.758. The highest BCUT2D eigenvalue weighted by Crippen LogP contribution is 2.31. The number of halogens is 1. The highest BCUT2D eigenvalue weighted by Gasteiger charge is 2.02. The highest BCUT2D eigenvalue weighted by atomic mass is 32.2. The summed E-state index contributed by atoms with van der Waals surface area (Å²) in [6.45, 7) is 0. The van der Waals surface area contributed by atoms with Crippen LogP contribution in [0.4, 0.5) is 4.39 Å². The smallest absolute Gasteiger partial charge is 0.125 e. The van der Waals surface area contributed by atoms with Crippen molar-refractivity contribution in [1.82, 2.24) is 0 Å². The van der Waals surface area contributed by atoms with Crippen LogP contribution in [0.3, 0.4) is 0 Å². The molecule has 0 amide bonds. The average molecular weight is 235 g/mol. The van der Waals surface area contributed by atoms with Gasteiger partial charge in [-0.1, -0.05) is 17.8 Å². The number of thiophene rings is 1. The third-order valence-electron chi connectivity index (χ3n) is 1.71. The van der Waals surface area contributed by atoms with Crippen LogP contribution in [-0.4, -0.2) is 0 Å². The zero-order valence-electron chi connectivity index (χ0n) is 7.61. The first kappa shape index (κ1) is 10.2. The Morgan fingerprint density at radius 2 is 2.20 bits per heavy atom. The third kappa shape index (κ3) is 2.58. The lowest BCUT2D eigenvalue weighted by Crippen LogP contribution is -1.80. The van der Waals surface area contributed by atoms with Gasteiger partial charge in [-0.15, -0.1) is 11.3 Å². The second-order valence-corrected chi connectivity index (χ2v) is 5.14. The number of hydrogen-bond donors (Lipinski definition) is 0. The van der Waals surface area contributed by atoms with Gasteiger partial charge >= 0.3 is 0 Å². The molecule has 0 atom stereocenters. The molecule has 0 aliphatic heterocycles. The normalized spacial score (nSPS) is 9.87. The molecule has 74 valence electrons. The number of hydrogen-bond acceptors (Lipinski definition) is 3. The van der Waals surface area contributed by atoms with E-state index in [1.165, 1.54) is 23.9 Å². The standard InChI is InChI=1S/C11H6FNS2/c12-9-4-8(7-13)5-10(6-9)15-11-2-1-3-14-11/h1-6H. The van der Waals surface area contributed by atoms with Crippen molar-refractivity contribution in [3.05, 3.63) is 47.1 Å². The van der Waals surface area contributed by atoms with E-state index in [0.717, 1.165) is 9.10 Å². The third-order valence-corrected chi connectivity index (χ3v) is 3.72. The molecule has 0 unspecified atom stereocenters. The lowest BCUT2D eigenvalue weighted by molar-refractivity contribution is 0.623. The molecule has 1 heterocycles. The van der Waals surface area contributed by atoms with Crippen LogP contribution in [0.1, 0.15) is 5.56 Å². The lowest BCUT2D eigenvalue weighted by Gasteiger charge is -1.99. The maximum atomic E-state index is 13.1. The lowest BCUT2D eigenvalue weighted by atomic mass is 10.2. The molecule has 0 aliphatic carbocycles. The van der Waals surface area contributed by atoms with Crippen LogP contribution in [0.25, 0.3) is 0 Å². The van der Waals surface area contributed by atoms with E-state index in [4.69, 9.17) is 5.26 Å². The molecule has 0 saturated heterocycles. The molecule has 0 spiro atoms. The van der Waals surface area contributed by atoms with E-state index in [9.17, 15) is 4.39 Å². The van der Waals surface area contributed by atoms with Crippen molar-refractivity contribution in [2.45, 2.75) is 9.10 Å². The predicted octanol–water partition coefficient (Wildman–Crippen LogP) is 3.91. The minimum Gasteiger partial charge on any atom is -0.207 e. The van der Waals surface area contributed by atoms with Gasteiger partial charge in [0.2, 0.25) is 0 Å². The van der Waals surface area contributed by atoms with E-state index in [-0.39, 0.29) is 5.82 Å². The SMILES string of the molecule is N#Cc1cc(F)cc(Sc2cccs2)c1. The molecule has 15 heavy (non-hydrogen) atoms. The van der Waals surface area contributed by atoms with Crippen LogP contribution in [0.2, 0.25) is 0 Å². The summed E-state index contributed by atoms with van der Waals surface area (Å²) >= 11 is 3.06. The van der Waals surface area contributed by atoms with Gasteiger partial charge in [0.05, 0.1) is 15.8 Å². The van der Waals surface area contributed by atoms with Crippen molar-refractivity contribution in [3.63, 3.8) is 0 Å². The Morgan fingerprint density at radius 1 is 1.33 bits per heavy atom. The molecule has 0 fully saturated rings. The Morgan fingerprint density at radius 3 is 2.87 bits per heavy atom. The summed E-state index contributed by atoms with van der Waals surface area (Å²) < 4.78 is 14.2. The Balaban J connectivity index is 2.29. The van der Waals surface area contributed by atoms with Gasteiger partial charge in [-0.2, -0.15) is 5.26 Å². The Kier molecular flexibility index (Phi) is 3.05. The van der Waals surface area contributed by atoms with E-state index in [1.807, 2.05) is 23.6 Å². The summed E-state index contributed by atoms with van der Waals surface area (Å²) in [5, 5.41) is 10.7. The number of benzene rings is 1. The molecule has 4 heteroatoms. The second-order valence-electron chi connectivity index (χ2n) is 2.82. The summed E-state index contributed by atoms with van der Waals surface area (Å²) in [5.41, 5.74) is 0.356. The van der Waals surface area contributed by atoms with Crippen LogP contribution in [0.5, 0.6) is 0 Å². The van der Waals surface area contributed by atoms with Gasteiger partial charge in [0.15, 0.2) is 0 Å². The quantitative estimate of drug-likeness (QED) is 0.788. The summed E-state index contributed by atoms with van der Waals surface area (Å²) in [7, 11) is 0. The largest absolute Gasteiger partial charge is 0.207 e. The fourth-order valence-corrected chi connectivity index (χ4v) is 2.96. The first-order chi connectivity index (χ1) is 7.28. The summed E-state index contributed by atoms with van der Waals surface area (Å²) in [6, 6.07) is 10.2. The van der Waals surface area contributed by atoms with Crippen molar-refractivity contribution in [2.24, 2.45) is 0 Å². The maximum Gasteiger partial charge on any atom is 0.125 e. The highest BCUT2D eigenvalue weighted by molar-refractivity contribution is 8.01. The van der Waals surface area contributed by atoms with Crippen LogP contribution < -0.4 is 0 Å². The fourth-order valence-electron chi connectivity index (χ4n) is 1.12. The Bertz CT molecular complexity index is 500. The zero-order valence-corrected chi connectivity index (χ0v) is 9.24. The van der Waals surface area contributed by atoms with Gasteiger partial charge < -0.3 is 0 Å². The van der Waals surface area contributed by atoms with Gasteiger partial charge in [-0.25, -0.2) is 4.39 Å². The zero-order chi connectivity index (χ0) is 10.7. The topological polar surface area (TPSA) is 23.8 Å². The average Bonchev–Trinajstić information content (AvgIpc) is 2.69. The Labute approximate surface area is 95.2 Å². The van der Waals surface area contributed by atoms with Crippen LogP contribution >= 0.6 is 23.1 Å². The van der Waals surface area contributed by atoms with Crippen LogP contribution in [0.15, 0.2) is 44.8 Å². The molecule has 0 radical (unpaired) electrons. The van der Waals surface area contributed by atoms with Crippen molar-refractivity contribution in [3.8, 4) is 6.07 Å².